The topological polar surface area (TPSA) is 43.4 Å². The number of esters is 1. The molecule has 0 heterocycles. The maximum Gasteiger partial charge on any atom is 0.339 e. The molecule has 0 atom stereocenters. The summed E-state index contributed by atoms with van der Waals surface area (Å²) in [6.45, 7) is 2.00. The Morgan fingerprint density at radius 2 is 1.46 bits per heavy atom. The van der Waals surface area contributed by atoms with Crippen molar-refractivity contribution in [2.75, 3.05) is 0 Å². The fraction of sp³-hybridized carbons (Fsp3) is 0.0909. The van der Waals surface area contributed by atoms with Crippen molar-refractivity contribution in [2.45, 2.75) is 13.5 Å². The molecule has 3 aromatic rings. The zero-order valence-electron chi connectivity index (χ0n) is 14.2. The normalized spacial score (nSPS) is 10.4. The van der Waals surface area contributed by atoms with Crippen molar-refractivity contribution in [3.63, 3.8) is 0 Å². The van der Waals surface area contributed by atoms with Crippen LogP contribution in [-0.2, 0) is 11.3 Å². The molecule has 0 fully saturated rings. The summed E-state index contributed by atoms with van der Waals surface area (Å²) in [5.41, 5.74) is 2.87. The van der Waals surface area contributed by atoms with E-state index in [0.717, 1.165) is 5.56 Å². The van der Waals surface area contributed by atoms with Crippen LogP contribution in [0.4, 0.5) is 0 Å². The van der Waals surface area contributed by atoms with Crippen molar-refractivity contribution in [3.8, 4) is 0 Å². The van der Waals surface area contributed by atoms with Gasteiger partial charge in [-0.05, 0) is 19.1 Å². The molecule has 0 N–H and O–H groups in total. The SMILES string of the molecule is Cc1ccc(C(=O)c2ccccc2C(=O)OCc2ccccc2Cl)cc1. The highest BCUT2D eigenvalue weighted by Crippen LogP contribution is 2.19. The molecule has 0 aliphatic heterocycles. The number of ether oxygens (including phenoxy) is 1. The van der Waals surface area contributed by atoms with E-state index in [1.165, 1.54) is 0 Å². The second kappa shape index (κ2) is 7.98. The van der Waals surface area contributed by atoms with Gasteiger partial charge in [0, 0.05) is 21.7 Å². The molecule has 0 aromatic heterocycles. The number of halogens is 1. The molecular formula is C22H17ClO3. The van der Waals surface area contributed by atoms with E-state index in [9.17, 15) is 9.59 Å². The number of carbonyl (C=O) groups excluding carboxylic acids is 2. The van der Waals surface area contributed by atoms with E-state index < -0.39 is 5.97 Å². The van der Waals surface area contributed by atoms with Crippen LogP contribution in [0.1, 0.15) is 37.4 Å². The summed E-state index contributed by atoms with van der Waals surface area (Å²) in [6.07, 6.45) is 0. The fourth-order valence-corrected chi connectivity index (χ4v) is 2.75. The molecular weight excluding hydrogens is 348 g/mol. The molecule has 0 unspecified atom stereocenters. The van der Waals surface area contributed by atoms with Crippen LogP contribution in [0.3, 0.4) is 0 Å². The zero-order valence-corrected chi connectivity index (χ0v) is 15.0. The molecule has 0 amide bonds. The first-order valence-electron chi connectivity index (χ1n) is 8.17. The summed E-state index contributed by atoms with van der Waals surface area (Å²) >= 11 is 6.08. The van der Waals surface area contributed by atoms with Gasteiger partial charge in [-0.2, -0.15) is 0 Å². The quantitative estimate of drug-likeness (QED) is 0.459. The lowest BCUT2D eigenvalue weighted by Gasteiger charge is -2.10. The van der Waals surface area contributed by atoms with Gasteiger partial charge in [-0.15, -0.1) is 0 Å². The van der Waals surface area contributed by atoms with Gasteiger partial charge in [0.2, 0.25) is 0 Å². The number of hydrogen-bond donors (Lipinski definition) is 0. The number of rotatable bonds is 5. The van der Waals surface area contributed by atoms with Crippen LogP contribution in [0.5, 0.6) is 0 Å². The minimum absolute atomic E-state index is 0.0472. The van der Waals surface area contributed by atoms with E-state index in [1.54, 1.807) is 48.5 Å². The van der Waals surface area contributed by atoms with Crippen molar-refractivity contribution >= 4 is 23.4 Å². The van der Waals surface area contributed by atoms with Gasteiger partial charge in [0.1, 0.15) is 6.61 Å². The summed E-state index contributed by atoms with van der Waals surface area (Å²) < 4.78 is 5.37. The maximum atomic E-state index is 12.8. The highest BCUT2D eigenvalue weighted by molar-refractivity contribution is 6.31. The first kappa shape index (κ1) is 17.9. The summed E-state index contributed by atoms with van der Waals surface area (Å²) in [7, 11) is 0. The smallest absolute Gasteiger partial charge is 0.339 e. The van der Waals surface area contributed by atoms with Gasteiger partial charge in [-0.1, -0.05) is 77.8 Å². The lowest BCUT2D eigenvalue weighted by Crippen LogP contribution is -2.12. The predicted octanol–water partition coefficient (Wildman–Crippen LogP) is 5.24. The number of ketones is 1. The number of aryl methyl sites for hydroxylation is 1. The molecule has 0 aliphatic rings. The second-order valence-corrected chi connectivity index (χ2v) is 6.32. The van der Waals surface area contributed by atoms with Crippen molar-refractivity contribution in [3.05, 3.63) is 106 Å². The van der Waals surface area contributed by atoms with E-state index in [-0.39, 0.29) is 18.0 Å². The van der Waals surface area contributed by atoms with Crippen LogP contribution in [0.15, 0.2) is 72.8 Å². The molecule has 3 nitrogen and oxygen atoms in total. The highest BCUT2D eigenvalue weighted by atomic mass is 35.5. The molecule has 0 saturated carbocycles. The molecule has 26 heavy (non-hydrogen) atoms. The maximum absolute atomic E-state index is 12.8. The molecule has 3 aromatic carbocycles. The van der Waals surface area contributed by atoms with E-state index >= 15 is 0 Å². The first-order chi connectivity index (χ1) is 12.6. The molecule has 0 aliphatic carbocycles. The third-order valence-electron chi connectivity index (χ3n) is 4.02. The minimum Gasteiger partial charge on any atom is -0.457 e. The summed E-state index contributed by atoms with van der Waals surface area (Å²) in [6, 6.07) is 21.1. The third-order valence-corrected chi connectivity index (χ3v) is 4.39. The van der Waals surface area contributed by atoms with Gasteiger partial charge in [-0.25, -0.2) is 4.79 Å². The molecule has 0 saturated heterocycles. The Balaban J connectivity index is 1.82. The number of hydrogen-bond acceptors (Lipinski definition) is 3. The third kappa shape index (κ3) is 4.01. The van der Waals surface area contributed by atoms with Gasteiger partial charge in [0.25, 0.3) is 0 Å². The average molecular weight is 365 g/mol. The lowest BCUT2D eigenvalue weighted by molar-refractivity contribution is 0.0470. The van der Waals surface area contributed by atoms with E-state index in [2.05, 4.69) is 0 Å². The predicted molar refractivity (Wildman–Crippen MR) is 102 cm³/mol. The van der Waals surface area contributed by atoms with Crippen LogP contribution >= 0.6 is 11.6 Å². The number of carbonyl (C=O) groups is 2. The molecule has 3 rings (SSSR count). The number of benzene rings is 3. The van der Waals surface area contributed by atoms with Crippen molar-refractivity contribution in [1.82, 2.24) is 0 Å². The van der Waals surface area contributed by atoms with Crippen LogP contribution in [-0.4, -0.2) is 11.8 Å². The molecule has 0 bridgehead atoms. The first-order valence-corrected chi connectivity index (χ1v) is 8.55. The lowest BCUT2D eigenvalue weighted by atomic mass is 9.98. The Hall–Kier alpha value is -2.91. The van der Waals surface area contributed by atoms with Crippen molar-refractivity contribution in [2.24, 2.45) is 0 Å². The van der Waals surface area contributed by atoms with Crippen molar-refractivity contribution in [1.29, 1.82) is 0 Å². The minimum atomic E-state index is -0.555. The largest absolute Gasteiger partial charge is 0.457 e. The summed E-state index contributed by atoms with van der Waals surface area (Å²) in [4.78, 5) is 25.3. The molecule has 4 heteroatoms. The van der Waals surface area contributed by atoms with Crippen LogP contribution in [0, 0.1) is 6.92 Å². The van der Waals surface area contributed by atoms with E-state index in [1.807, 2.05) is 31.2 Å². The molecule has 0 spiro atoms. The Morgan fingerprint density at radius 1 is 0.846 bits per heavy atom. The van der Waals surface area contributed by atoms with Gasteiger partial charge < -0.3 is 4.74 Å². The van der Waals surface area contributed by atoms with Crippen LogP contribution in [0.2, 0.25) is 5.02 Å². The molecule has 130 valence electrons. The standard InChI is InChI=1S/C22H17ClO3/c1-15-10-12-16(13-11-15)21(24)18-7-3-4-8-19(18)22(25)26-14-17-6-2-5-9-20(17)23/h2-13H,14H2,1H3. The fourth-order valence-electron chi connectivity index (χ4n) is 2.56. The van der Waals surface area contributed by atoms with Crippen LogP contribution in [0.25, 0.3) is 0 Å². The van der Waals surface area contributed by atoms with E-state index in [0.29, 0.717) is 21.7 Å². The van der Waals surface area contributed by atoms with Crippen molar-refractivity contribution < 1.29 is 14.3 Å². The average Bonchev–Trinajstić information content (AvgIpc) is 2.67. The molecule has 0 radical (unpaired) electrons. The van der Waals surface area contributed by atoms with Gasteiger partial charge in [0.05, 0.1) is 5.56 Å². The zero-order chi connectivity index (χ0) is 18.5. The Labute approximate surface area is 157 Å². The van der Waals surface area contributed by atoms with Crippen LogP contribution < -0.4 is 0 Å². The van der Waals surface area contributed by atoms with Gasteiger partial charge in [0.15, 0.2) is 5.78 Å². The Morgan fingerprint density at radius 3 is 2.15 bits per heavy atom. The second-order valence-electron chi connectivity index (χ2n) is 5.91. The Bertz CT molecular complexity index is 946. The Kier molecular flexibility index (Phi) is 5.49. The highest BCUT2D eigenvalue weighted by Gasteiger charge is 2.19. The summed E-state index contributed by atoms with van der Waals surface area (Å²) in [5.74, 6) is -0.767. The van der Waals surface area contributed by atoms with Gasteiger partial charge in [-0.3, -0.25) is 4.79 Å². The summed E-state index contributed by atoms with van der Waals surface area (Å²) in [5, 5.41) is 0.532. The monoisotopic (exact) mass is 364 g/mol. The van der Waals surface area contributed by atoms with Gasteiger partial charge >= 0.3 is 5.97 Å². The van der Waals surface area contributed by atoms with E-state index in [4.69, 9.17) is 16.3 Å².